The van der Waals surface area contributed by atoms with Gasteiger partial charge in [-0.1, -0.05) is 0 Å². The molecule has 1 amide bonds. The SMILES string of the molecule is CC(N)C(=O)NS(=O)[O-]. The summed E-state index contributed by atoms with van der Waals surface area (Å²) in [6.07, 6.45) is 0. The van der Waals surface area contributed by atoms with Crippen LogP contribution < -0.4 is 10.5 Å². The minimum atomic E-state index is -2.55. The molecular weight excluding hydrogens is 144 g/mol. The van der Waals surface area contributed by atoms with Crippen molar-refractivity contribution in [2.45, 2.75) is 13.0 Å². The predicted molar refractivity (Wildman–Crippen MR) is 30.7 cm³/mol. The quantitative estimate of drug-likeness (QED) is 0.457. The molecule has 6 heteroatoms. The molecule has 0 fully saturated rings. The van der Waals surface area contributed by atoms with Crippen LogP contribution in [-0.4, -0.2) is 20.7 Å². The first-order chi connectivity index (χ1) is 4.04. The largest absolute Gasteiger partial charge is 0.755 e. The van der Waals surface area contributed by atoms with Crippen molar-refractivity contribution in [1.82, 2.24) is 4.72 Å². The zero-order chi connectivity index (χ0) is 7.44. The van der Waals surface area contributed by atoms with E-state index in [0.29, 0.717) is 0 Å². The van der Waals surface area contributed by atoms with Gasteiger partial charge in [0.2, 0.25) is 5.91 Å². The van der Waals surface area contributed by atoms with Crippen LogP contribution >= 0.6 is 0 Å². The molecule has 0 radical (unpaired) electrons. The van der Waals surface area contributed by atoms with Gasteiger partial charge in [-0.05, 0) is 6.92 Å². The lowest BCUT2D eigenvalue weighted by atomic mass is 10.4. The van der Waals surface area contributed by atoms with Crippen LogP contribution in [0, 0.1) is 0 Å². The maximum atomic E-state index is 10.3. The third kappa shape index (κ3) is 4.07. The van der Waals surface area contributed by atoms with Gasteiger partial charge in [0.05, 0.1) is 6.04 Å². The van der Waals surface area contributed by atoms with E-state index in [1.807, 2.05) is 0 Å². The fourth-order valence-corrected chi connectivity index (χ4v) is 0.525. The van der Waals surface area contributed by atoms with Gasteiger partial charge in [-0.2, -0.15) is 0 Å². The highest BCUT2D eigenvalue weighted by atomic mass is 32.2. The lowest BCUT2D eigenvalue weighted by Gasteiger charge is -2.08. The maximum absolute atomic E-state index is 10.3. The zero-order valence-electron chi connectivity index (χ0n) is 4.79. The molecule has 5 nitrogen and oxygen atoms in total. The van der Waals surface area contributed by atoms with Crippen molar-refractivity contribution in [2.75, 3.05) is 0 Å². The Morgan fingerprint density at radius 1 is 1.89 bits per heavy atom. The lowest BCUT2D eigenvalue weighted by molar-refractivity contribution is -0.120. The van der Waals surface area contributed by atoms with E-state index in [1.54, 1.807) is 4.72 Å². The highest BCUT2D eigenvalue weighted by molar-refractivity contribution is 7.77. The topological polar surface area (TPSA) is 95.2 Å². The Morgan fingerprint density at radius 3 is 2.44 bits per heavy atom. The number of carbonyl (C=O) groups excluding carboxylic acids is 1. The van der Waals surface area contributed by atoms with Crippen LogP contribution in [0.25, 0.3) is 0 Å². The van der Waals surface area contributed by atoms with Gasteiger partial charge < -0.3 is 10.3 Å². The van der Waals surface area contributed by atoms with Gasteiger partial charge in [0.1, 0.15) is 0 Å². The summed E-state index contributed by atoms with van der Waals surface area (Å²) in [5.74, 6) is -0.705. The highest BCUT2D eigenvalue weighted by Crippen LogP contribution is 1.74. The van der Waals surface area contributed by atoms with Crippen molar-refractivity contribution in [3.8, 4) is 0 Å². The molecule has 0 saturated heterocycles. The van der Waals surface area contributed by atoms with E-state index in [9.17, 15) is 13.6 Å². The van der Waals surface area contributed by atoms with E-state index in [1.165, 1.54) is 6.92 Å². The molecule has 0 saturated carbocycles. The first-order valence-electron chi connectivity index (χ1n) is 2.19. The van der Waals surface area contributed by atoms with Crippen LogP contribution in [0.2, 0.25) is 0 Å². The molecule has 54 valence electrons. The van der Waals surface area contributed by atoms with Gasteiger partial charge in [0.15, 0.2) is 0 Å². The summed E-state index contributed by atoms with van der Waals surface area (Å²) < 4.78 is 21.0. The molecule has 0 aliphatic rings. The summed E-state index contributed by atoms with van der Waals surface area (Å²) in [7, 11) is 0. The van der Waals surface area contributed by atoms with Crippen LogP contribution in [0.5, 0.6) is 0 Å². The van der Waals surface area contributed by atoms with Gasteiger partial charge in [-0.25, -0.2) is 0 Å². The molecule has 0 rings (SSSR count). The molecule has 0 bridgehead atoms. The third-order valence-electron chi connectivity index (χ3n) is 0.597. The van der Waals surface area contributed by atoms with Gasteiger partial charge in [-0.15, -0.1) is 0 Å². The average Bonchev–Trinajstić information content (AvgIpc) is 1.63. The second-order valence-corrected chi connectivity index (χ2v) is 2.16. The van der Waals surface area contributed by atoms with Gasteiger partial charge >= 0.3 is 0 Å². The van der Waals surface area contributed by atoms with Crippen molar-refractivity contribution in [1.29, 1.82) is 0 Å². The number of hydrogen-bond donors (Lipinski definition) is 2. The van der Waals surface area contributed by atoms with Crippen molar-refractivity contribution in [2.24, 2.45) is 5.73 Å². The Bertz CT molecular complexity index is 135. The normalized spacial score (nSPS) is 16.3. The van der Waals surface area contributed by atoms with Crippen LogP contribution in [0.1, 0.15) is 6.92 Å². The van der Waals surface area contributed by atoms with E-state index < -0.39 is 23.2 Å². The molecule has 9 heavy (non-hydrogen) atoms. The van der Waals surface area contributed by atoms with Gasteiger partial charge in [-0.3, -0.25) is 13.7 Å². The highest BCUT2D eigenvalue weighted by Gasteiger charge is 2.04. The summed E-state index contributed by atoms with van der Waals surface area (Å²) in [5.41, 5.74) is 5.00. The average molecular weight is 151 g/mol. The van der Waals surface area contributed by atoms with Gasteiger partial charge in [0.25, 0.3) is 0 Å². The summed E-state index contributed by atoms with van der Waals surface area (Å²) in [5, 5.41) is 0. The van der Waals surface area contributed by atoms with E-state index in [2.05, 4.69) is 0 Å². The molecule has 2 unspecified atom stereocenters. The predicted octanol–water partition coefficient (Wildman–Crippen LogP) is -1.76. The standard InChI is InChI=1S/C3H8N2O3S/c1-2(4)3(6)5-9(7)8/h2H,4H2,1H3,(H,5,6)(H,7,8)/p-1. The van der Waals surface area contributed by atoms with Crippen LogP contribution in [0.3, 0.4) is 0 Å². The number of nitrogens with two attached hydrogens (primary N) is 1. The molecule has 0 spiro atoms. The summed E-state index contributed by atoms with van der Waals surface area (Å²) in [6.45, 7) is 1.39. The van der Waals surface area contributed by atoms with Gasteiger partial charge in [0, 0.05) is 11.3 Å². The zero-order valence-corrected chi connectivity index (χ0v) is 5.60. The van der Waals surface area contributed by atoms with Crippen LogP contribution in [-0.2, 0) is 16.1 Å². The van der Waals surface area contributed by atoms with Crippen molar-refractivity contribution in [3.63, 3.8) is 0 Å². The number of nitrogens with one attached hydrogen (secondary N) is 1. The van der Waals surface area contributed by atoms with Crippen LogP contribution in [0.4, 0.5) is 0 Å². The molecular formula is C3H7N2O3S-. The molecule has 0 aromatic rings. The molecule has 0 aliphatic heterocycles. The van der Waals surface area contributed by atoms with Crippen molar-refractivity contribution >= 4 is 17.2 Å². The van der Waals surface area contributed by atoms with E-state index in [-0.39, 0.29) is 0 Å². The minimum Gasteiger partial charge on any atom is -0.755 e. The Hall–Kier alpha value is -0.460. The number of carbonyl (C=O) groups is 1. The number of rotatable bonds is 2. The third-order valence-corrected chi connectivity index (χ3v) is 0.965. The Kier molecular flexibility index (Phi) is 3.36. The number of hydrogen-bond acceptors (Lipinski definition) is 4. The summed E-state index contributed by atoms with van der Waals surface area (Å²) in [4.78, 5) is 10.3. The maximum Gasteiger partial charge on any atom is 0.247 e. The molecule has 2 atom stereocenters. The second-order valence-electron chi connectivity index (χ2n) is 1.49. The number of amides is 1. The van der Waals surface area contributed by atoms with E-state index >= 15 is 0 Å². The summed E-state index contributed by atoms with van der Waals surface area (Å²) in [6, 6.07) is -0.789. The molecule has 3 N–H and O–H groups in total. The first kappa shape index (κ1) is 8.54. The Labute approximate surface area is 55.0 Å². The molecule has 0 aliphatic carbocycles. The lowest BCUT2D eigenvalue weighted by Crippen LogP contribution is -2.38. The van der Waals surface area contributed by atoms with E-state index in [4.69, 9.17) is 5.73 Å². The van der Waals surface area contributed by atoms with Crippen molar-refractivity contribution in [3.05, 3.63) is 0 Å². The van der Waals surface area contributed by atoms with Crippen molar-refractivity contribution < 1.29 is 13.6 Å². The Morgan fingerprint density at radius 2 is 2.33 bits per heavy atom. The fraction of sp³-hybridized carbons (Fsp3) is 0.667. The monoisotopic (exact) mass is 151 g/mol. The van der Waals surface area contributed by atoms with Crippen LogP contribution in [0.15, 0.2) is 0 Å². The molecule has 0 aromatic heterocycles. The summed E-state index contributed by atoms with van der Waals surface area (Å²) >= 11 is -2.55. The molecule has 0 aromatic carbocycles. The second kappa shape index (κ2) is 3.54. The minimum absolute atomic E-state index is 0.705. The smallest absolute Gasteiger partial charge is 0.247 e. The first-order valence-corrected chi connectivity index (χ1v) is 3.27. The van der Waals surface area contributed by atoms with E-state index in [0.717, 1.165) is 0 Å². The fourth-order valence-electron chi connectivity index (χ4n) is 0.175. The molecule has 0 heterocycles. The Balaban J connectivity index is 3.64.